The van der Waals surface area contributed by atoms with E-state index in [4.69, 9.17) is 5.26 Å². The maximum Gasteiger partial charge on any atom is 0.251 e. The molecule has 1 heterocycles. The largest absolute Gasteiger partial charge is 0.351 e. The van der Waals surface area contributed by atoms with Crippen LogP contribution < -0.4 is 5.32 Å². The minimum Gasteiger partial charge on any atom is -0.351 e. The molecule has 7 heteroatoms. The van der Waals surface area contributed by atoms with Crippen LogP contribution in [0.15, 0.2) is 30.6 Å². The number of nitriles is 1. The van der Waals surface area contributed by atoms with Gasteiger partial charge in [0, 0.05) is 12.1 Å². The second kappa shape index (κ2) is 5.73. The fourth-order valence-corrected chi connectivity index (χ4v) is 1.46. The van der Waals surface area contributed by atoms with Crippen molar-refractivity contribution in [2.24, 2.45) is 5.92 Å². The highest BCUT2D eigenvalue weighted by Crippen LogP contribution is 2.08. The van der Waals surface area contributed by atoms with E-state index < -0.39 is 0 Å². The molecule has 1 unspecified atom stereocenters. The molecule has 0 bridgehead atoms. The van der Waals surface area contributed by atoms with Gasteiger partial charge in [-0.25, -0.2) is 4.68 Å². The fraction of sp³-hybridized carbons (Fsp3) is 0.250. The SMILES string of the molecule is CC(C#N)CNC(=O)c1cccc(-n2cnnn2)c1. The van der Waals surface area contributed by atoms with Gasteiger partial charge in [-0.05, 0) is 35.5 Å². The van der Waals surface area contributed by atoms with E-state index in [0.29, 0.717) is 17.8 Å². The Morgan fingerprint density at radius 2 is 2.42 bits per heavy atom. The molecule has 2 aromatic rings. The van der Waals surface area contributed by atoms with Gasteiger partial charge in [0.15, 0.2) is 0 Å². The van der Waals surface area contributed by atoms with Gasteiger partial charge in [-0.3, -0.25) is 4.79 Å². The Kier molecular flexibility index (Phi) is 3.83. The quantitative estimate of drug-likeness (QED) is 0.861. The minimum absolute atomic E-state index is 0.216. The number of aromatic nitrogens is 4. The third-order valence-electron chi connectivity index (χ3n) is 2.51. The lowest BCUT2D eigenvalue weighted by atomic mass is 10.1. The minimum atomic E-state index is -0.225. The number of hydrogen-bond donors (Lipinski definition) is 1. The number of carbonyl (C=O) groups excluding carboxylic acids is 1. The first kappa shape index (κ1) is 12.7. The Morgan fingerprint density at radius 1 is 1.58 bits per heavy atom. The number of carbonyl (C=O) groups is 1. The standard InChI is InChI=1S/C12H12N6O/c1-9(6-13)7-14-12(19)10-3-2-4-11(5-10)18-8-15-16-17-18/h2-5,8-9H,7H2,1H3,(H,14,19). The summed E-state index contributed by atoms with van der Waals surface area (Å²) in [5.74, 6) is -0.441. The molecule has 1 aromatic carbocycles. The molecule has 7 nitrogen and oxygen atoms in total. The molecule has 0 saturated carbocycles. The van der Waals surface area contributed by atoms with Gasteiger partial charge in [0.05, 0.1) is 17.7 Å². The summed E-state index contributed by atoms with van der Waals surface area (Å²) in [5, 5.41) is 22.2. The van der Waals surface area contributed by atoms with Crippen LogP contribution in [0, 0.1) is 17.2 Å². The second-order valence-corrected chi connectivity index (χ2v) is 4.04. The van der Waals surface area contributed by atoms with E-state index >= 15 is 0 Å². The smallest absolute Gasteiger partial charge is 0.251 e. The highest BCUT2D eigenvalue weighted by molar-refractivity contribution is 5.94. The van der Waals surface area contributed by atoms with Gasteiger partial charge in [-0.2, -0.15) is 5.26 Å². The summed E-state index contributed by atoms with van der Waals surface area (Å²) in [6, 6.07) is 8.98. The van der Waals surface area contributed by atoms with Crippen molar-refractivity contribution >= 4 is 5.91 Å². The Balaban J connectivity index is 2.11. The highest BCUT2D eigenvalue weighted by Gasteiger charge is 2.08. The Hall–Kier alpha value is -2.75. The number of nitrogens with one attached hydrogen (secondary N) is 1. The van der Waals surface area contributed by atoms with Crippen LogP contribution in [-0.2, 0) is 0 Å². The summed E-state index contributed by atoms with van der Waals surface area (Å²) < 4.78 is 1.47. The number of benzene rings is 1. The summed E-state index contributed by atoms with van der Waals surface area (Å²) in [6.07, 6.45) is 1.45. The summed E-state index contributed by atoms with van der Waals surface area (Å²) in [5.41, 5.74) is 1.20. The van der Waals surface area contributed by atoms with E-state index in [1.165, 1.54) is 11.0 Å². The first-order chi connectivity index (χ1) is 9.20. The van der Waals surface area contributed by atoms with Crippen LogP contribution >= 0.6 is 0 Å². The van der Waals surface area contributed by atoms with E-state index in [2.05, 4.69) is 26.9 Å². The van der Waals surface area contributed by atoms with Gasteiger partial charge in [0.25, 0.3) is 5.91 Å². The van der Waals surface area contributed by atoms with Crippen LogP contribution in [0.5, 0.6) is 0 Å². The predicted octanol–water partition coefficient (Wildman–Crippen LogP) is 0.552. The lowest BCUT2D eigenvalue weighted by molar-refractivity contribution is 0.0950. The second-order valence-electron chi connectivity index (χ2n) is 4.04. The maximum atomic E-state index is 11.9. The van der Waals surface area contributed by atoms with E-state index in [9.17, 15) is 4.79 Å². The molecular weight excluding hydrogens is 244 g/mol. The van der Waals surface area contributed by atoms with Gasteiger partial charge < -0.3 is 5.32 Å². The molecule has 96 valence electrons. The average Bonchev–Trinajstić information content (AvgIpc) is 2.98. The van der Waals surface area contributed by atoms with Gasteiger partial charge in [-0.15, -0.1) is 5.10 Å². The van der Waals surface area contributed by atoms with E-state index in [-0.39, 0.29) is 11.8 Å². The third-order valence-corrected chi connectivity index (χ3v) is 2.51. The molecule has 19 heavy (non-hydrogen) atoms. The molecule has 0 radical (unpaired) electrons. The summed E-state index contributed by atoms with van der Waals surface area (Å²) in [4.78, 5) is 11.9. The predicted molar refractivity (Wildman–Crippen MR) is 66.3 cm³/mol. The van der Waals surface area contributed by atoms with Crippen LogP contribution in [0.3, 0.4) is 0 Å². The molecule has 0 spiro atoms. The lowest BCUT2D eigenvalue weighted by Gasteiger charge is -2.07. The van der Waals surface area contributed by atoms with Gasteiger partial charge in [-0.1, -0.05) is 6.07 Å². The molecule has 1 N–H and O–H groups in total. The van der Waals surface area contributed by atoms with Crippen molar-refractivity contribution in [3.63, 3.8) is 0 Å². The topological polar surface area (TPSA) is 96.5 Å². The molecule has 2 rings (SSSR count). The number of rotatable bonds is 4. The summed E-state index contributed by atoms with van der Waals surface area (Å²) >= 11 is 0. The molecule has 1 amide bonds. The number of tetrazole rings is 1. The molecule has 0 fully saturated rings. The number of nitrogens with zero attached hydrogens (tertiary/aromatic N) is 5. The lowest BCUT2D eigenvalue weighted by Crippen LogP contribution is -2.27. The molecule has 0 saturated heterocycles. The Morgan fingerprint density at radius 3 is 3.11 bits per heavy atom. The summed E-state index contributed by atoms with van der Waals surface area (Å²) in [7, 11) is 0. The van der Waals surface area contributed by atoms with Crippen molar-refractivity contribution in [1.82, 2.24) is 25.5 Å². The molecule has 1 aromatic heterocycles. The first-order valence-electron chi connectivity index (χ1n) is 5.72. The van der Waals surface area contributed by atoms with E-state index in [0.717, 1.165) is 0 Å². The molecule has 0 aliphatic heterocycles. The monoisotopic (exact) mass is 256 g/mol. The highest BCUT2D eigenvalue weighted by atomic mass is 16.1. The van der Waals surface area contributed by atoms with Crippen LogP contribution in [0.1, 0.15) is 17.3 Å². The van der Waals surface area contributed by atoms with Crippen molar-refractivity contribution in [2.75, 3.05) is 6.54 Å². The summed E-state index contributed by atoms with van der Waals surface area (Å²) in [6.45, 7) is 2.07. The third kappa shape index (κ3) is 3.13. The molecule has 0 aliphatic carbocycles. The van der Waals surface area contributed by atoms with Crippen LogP contribution in [0.25, 0.3) is 5.69 Å². The van der Waals surface area contributed by atoms with E-state index in [1.54, 1.807) is 31.2 Å². The zero-order chi connectivity index (χ0) is 13.7. The average molecular weight is 256 g/mol. The van der Waals surface area contributed by atoms with Gasteiger partial charge >= 0.3 is 0 Å². The normalized spacial score (nSPS) is 11.6. The van der Waals surface area contributed by atoms with Crippen molar-refractivity contribution in [3.8, 4) is 11.8 Å². The zero-order valence-electron chi connectivity index (χ0n) is 10.3. The van der Waals surface area contributed by atoms with Crippen LogP contribution in [0.2, 0.25) is 0 Å². The van der Waals surface area contributed by atoms with Crippen molar-refractivity contribution in [3.05, 3.63) is 36.2 Å². The molecular formula is C12H12N6O. The van der Waals surface area contributed by atoms with E-state index in [1.807, 2.05) is 0 Å². The van der Waals surface area contributed by atoms with Gasteiger partial charge in [0.2, 0.25) is 0 Å². The Labute approximate surface area is 109 Å². The van der Waals surface area contributed by atoms with Crippen LogP contribution in [0.4, 0.5) is 0 Å². The number of amides is 1. The van der Waals surface area contributed by atoms with Gasteiger partial charge in [0.1, 0.15) is 6.33 Å². The van der Waals surface area contributed by atoms with Crippen molar-refractivity contribution in [2.45, 2.75) is 6.92 Å². The first-order valence-corrected chi connectivity index (χ1v) is 5.72. The number of hydrogen-bond acceptors (Lipinski definition) is 5. The van der Waals surface area contributed by atoms with Crippen molar-refractivity contribution < 1.29 is 4.79 Å². The van der Waals surface area contributed by atoms with Crippen LogP contribution in [-0.4, -0.2) is 32.7 Å². The molecule has 1 atom stereocenters. The zero-order valence-corrected chi connectivity index (χ0v) is 10.3. The molecule has 0 aliphatic rings. The Bertz CT molecular complexity index is 601. The van der Waals surface area contributed by atoms with Crippen molar-refractivity contribution in [1.29, 1.82) is 5.26 Å². The fourth-order valence-electron chi connectivity index (χ4n) is 1.46. The maximum absolute atomic E-state index is 11.9.